The summed E-state index contributed by atoms with van der Waals surface area (Å²) in [6, 6.07) is 0. The standard InChI is InChI=1S/C22H41NO2/c1-3-4-5-6-7-8-9-10-11-12-13-14-15-16-17-18-19-20-23(2)21-22(24)25/h3,11-12H,1,4-10,13-21H2,2H3,(H,24,25)/b12-11-. The number of carboxylic acids is 1. The molecular formula is C22H41NO2. The summed E-state index contributed by atoms with van der Waals surface area (Å²) in [4.78, 5) is 12.4. The molecule has 0 heterocycles. The molecule has 0 saturated carbocycles. The van der Waals surface area contributed by atoms with Crippen LogP contribution < -0.4 is 0 Å². The molecule has 0 amide bonds. The third-order valence-electron chi connectivity index (χ3n) is 4.51. The Labute approximate surface area is 156 Å². The van der Waals surface area contributed by atoms with Crippen LogP contribution in [0.4, 0.5) is 0 Å². The van der Waals surface area contributed by atoms with E-state index in [2.05, 4.69) is 18.7 Å². The van der Waals surface area contributed by atoms with Gasteiger partial charge in [-0.1, -0.05) is 63.2 Å². The number of carbonyl (C=O) groups is 1. The van der Waals surface area contributed by atoms with Crippen molar-refractivity contribution in [2.24, 2.45) is 0 Å². The number of likely N-dealkylation sites (N-methyl/N-ethyl adjacent to an activating group) is 1. The minimum absolute atomic E-state index is 0.154. The van der Waals surface area contributed by atoms with E-state index in [1.807, 2.05) is 18.0 Å². The first-order valence-corrected chi connectivity index (χ1v) is 10.3. The minimum Gasteiger partial charge on any atom is -0.480 e. The van der Waals surface area contributed by atoms with Crippen molar-refractivity contribution in [3.05, 3.63) is 24.8 Å². The molecule has 0 bridgehead atoms. The molecule has 0 aliphatic heterocycles. The number of allylic oxidation sites excluding steroid dienone is 3. The van der Waals surface area contributed by atoms with Crippen molar-refractivity contribution in [1.82, 2.24) is 4.90 Å². The second-order valence-electron chi connectivity index (χ2n) is 7.15. The van der Waals surface area contributed by atoms with Gasteiger partial charge >= 0.3 is 5.97 Å². The zero-order valence-electron chi connectivity index (χ0n) is 16.6. The Balaban J connectivity index is 3.17. The number of carboxylic acid groups (broad SMARTS) is 1. The fourth-order valence-corrected chi connectivity index (χ4v) is 2.98. The third kappa shape index (κ3) is 20.9. The first-order valence-electron chi connectivity index (χ1n) is 10.3. The quantitative estimate of drug-likeness (QED) is 0.222. The summed E-state index contributed by atoms with van der Waals surface area (Å²) in [6.45, 7) is 4.80. The van der Waals surface area contributed by atoms with Gasteiger partial charge in [-0.15, -0.1) is 6.58 Å². The summed E-state index contributed by atoms with van der Waals surface area (Å²) >= 11 is 0. The SMILES string of the molecule is C=CCCCCCCC/C=C\CCCCCCCCN(C)CC(=O)O. The van der Waals surface area contributed by atoms with Gasteiger partial charge in [-0.2, -0.15) is 0 Å². The van der Waals surface area contributed by atoms with Crippen molar-refractivity contribution in [1.29, 1.82) is 0 Å². The average Bonchev–Trinajstić information content (AvgIpc) is 2.57. The van der Waals surface area contributed by atoms with E-state index in [4.69, 9.17) is 5.11 Å². The molecule has 1 N–H and O–H groups in total. The Kier molecular flexibility index (Phi) is 18.4. The lowest BCUT2D eigenvalue weighted by Gasteiger charge is -2.13. The smallest absolute Gasteiger partial charge is 0.317 e. The van der Waals surface area contributed by atoms with Gasteiger partial charge in [0.1, 0.15) is 0 Å². The fourth-order valence-electron chi connectivity index (χ4n) is 2.98. The lowest BCUT2D eigenvalue weighted by atomic mass is 10.1. The summed E-state index contributed by atoms with van der Waals surface area (Å²) in [6.07, 6.45) is 24.6. The van der Waals surface area contributed by atoms with E-state index in [9.17, 15) is 4.79 Å². The molecule has 0 aliphatic rings. The lowest BCUT2D eigenvalue weighted by Crippen LogP contribution is -2.26. The molecule has 0 unspecified atom stereocenters. The van der Waals surface area contributed by atoms with Crippen molar-refractivity contribution in [3.63, 3.8) is 0 Å². The summed E-state index contributed by atoms with van der Waals surface area (Å²) in [7, 11) is 1.88. The van der Waals surface area contributed by atoms with Gasteiger partial charge in [-0.25, -0.2) is 0 Å². The lowest BCUT2D eigenvalue weighted by molar-refractivity contribution is -0.137. The second-order valence-corrected chi connectivity index (χ2v) is 7.15. The van der Waals surface area contributed by atoms with Crippen LogP contribution in [0.25, 0.3) is 0 Å². The largest absolute Gasteiger partial charge is 0.480 e. The Morgan fingerprint density at radius 3 is 1.72 bits per heavy atom. The van der Waals surface area contributed by atoms with E-state index < -0.39 is 5.97 Å². The van der Waals surface area contributed by atoms with Gasteiger partial charge in [0, 0.05) is 0 Å². The van der Waals surface area contributed by atoms with E-state index in [0.717, 1.165) is 13.0 Å². The van der Waals surface area contributed by atoms with Gasteiger partial charge in [-0.05, 0) is 58.5 Å². The summed E-state index contributed by atoms with van der Waals surface area (Å²) in [5, 5.41) is 8.68. The highest BCUT2D eigenvalue weighted by Crippen LogP contribution is 2.10. The van der Waals surface area contributed by atoms with Crippen molar-refractivity contribution in [3.8, 4) is 0 Å². The van der Waals surface area contributed by atoms with Crippen LogP contribution in [0.2, 0.25) is 0 Å². The maximum atomic E-state index is 10.5. The predicted octanol–water partition coefficient (Wildman–Crippen LogP) is 6.21. The Morgan fingerprint density at radius 1 is 0.800 bits per heavy atom. The topological polar surface area (TPSA) is 40.5 Å². The third-order valence-corrected chi connectivity index (χ3v) is 4.51. The number of hydrogen-bond acceptors (Lipinski definition) is 2. The van der Waals surface area contributed by atoms with Crippen molar-refractivity contribution in [2.45, 2.75) is 89.9 Å². The second kappa shape index (κ2) is 19.2. The zero-order valence-corrected chi connectivity index (χ0v) is 16.6. The molecule has 0 aromatic heterocycles. The van der Waals surface area contributed by atoms with Gasteiger partial charge in [0.2, 0.25) is 0 Å². The van der Waals surface area contributed by atoms with Crippen LogP contribution in [0.1, 0.15) is 89.9 Å². The van der Waals surface area contributed by atoms with E-state index >= 15 is 0 Å². The highest BCUT2D eigenvalue weighted by molar-refractivity contribution is 5.68. The van der Waals surface area contributed by atoms with Gasteiger partial charge in [0.15, 0.2) is 0 Å². The molecule has 25 heavy (non-hydrogen) atoms. The van der Waals surface area contributed by atoms with Crippen LogP contribution in [-0.2, 0) is 4.79 Å². The highest BCUT2D eigenvalue weighted by atomic mass is 16.4. The van der Waals surface area contributed by atoms with E-state index in [1.165, 1.54) is 83.5 Å². The molecule has 0 aromatic carbocycles. The molecule has 0 saturated heterocycles. The van der Waals surface area contributed by atoms with Gasteiger partial charge in [-0.3, -0.25) is 9.69 Å². The maximum absolute atomic E-state index is 10.5. The van der Waals surface area contributed by atoms with Gasteiger partial charge in [0.05, 0.1) is 6.54 Å². The van der Waals surface area contributed by atoms with E-state index in [0.29, 0.717) is 0 Å². The van der Waals surface area contributed by atoms with Crippen LogP contribution >= 0.6 is 0 Å². The molecule has 0 atom stereocenters. The molecule has 3 heteroatoms. The van der Waals surface area contributed by atoms with E-state index in [1.54, 1.807) is 0 Å². The maximum Gasteiger partial charge on any atom is 0.317 e. The number of unbranched alkanes of at least 4 members (excludes halogenated alkanes) is 12. The Hall–Kier alpha value is -1.09. The van der Waals surface area contributed by atoms with Crippen LogP contribution in [0.15, 0.2) is 24.8 Å². The van der Waals surface area contributed by atoms with Gasteiger partial charge in [0.25, 0.3) is 0 Å². The molecule has 0 aliphatic carbocycles. The number of rotatable bonds is 19. The highest BCUT2D eigenvalue weighted by Gasteiger charge is 2.02. The number of nitrogens with zero attached hydrogens (tertiary/aromatic N) is 1. The average molecular weight is 352 g/mol. The van der Waals surface area contributed by atoms with Gasteiger partial charge < -0.3 is 5.11 Å². The minimum atomic E-state index is -0.737. The van der Waals surface area contributed by atoms with Crippen LogP contribution in [0.3, 0.4) is 0 Å². The first-order chi connectivity index (χ1) is 12.2. The molecule has 0 fully saturated rings. The summed E-state index contributed by atoms with van der Waals surface area (Å²) < 4.78 is 0. The van der Waals surface area contributed by atoms with Crippen LogP contribution in [0, 0.1) is 0 Å². The molecule has 0 rings (SSSR count). The molecule has 0 aromatic rings. The van der Waals surface area contributed by atoms with Crippen molar-refractivity contribution in [2.75, 3.05) is 20.1 Å². The number of hydrogen-bond donors (Lipinski definition) is 1. The summed E-state index contributed by atoms with van der Waals surface area (Å²) in [5.41, 5.74) is 0. The molecule has 3 nitrogen and oxygen atoms in total. The molecular weight excluding hydrogens is 310 g/mol. The zero-order chi connectivity index (χ0) is 18.6. The molecule has 0 radical (unpaired) electrons. The normalized spacial score (nSPS) is 11.4. The molecule has 146 valence electrons. The first kappa shape index (κ1) is 23.9. The van der Waals surface area contributed by atoms with Crippen LogP contribution in [-0.4, -0.2) is 36.1 Å². The monoisotopic (exact) mass is 351 g/mol. The Morgan fingerprint density at radius 2 is 1.24 bits per heavy atom. The predicted molar refractivity (Wildman–Crippen MR) is 109 cm³/mol. The Bertz CT molecular complexity index is 339. The van der Waals surface area contributed by atoms with Crippen molar-refractivity contribution < 1.29 is 9.90 Å². The van der Waals surface area contributed by atoms with Crippen molar-refractivity contribution >= 4 is 5.97 Å². The van der Waals surface area contributed by atoms with E-state index in [-0.39, 0.29) is 6.54 Å². The molecule has 0 spiro atoms. The van der Waals surface area contributed by atoms with Crippen LogP contribution in [0.5, 0.6) is 0 Å². The number of aliphatic carboxylic acids is 1. The fraction of sp³-hybridized carbons (Fsp3) is 0.773. The summed E-state index contributed by atoms with van der Waals surface area (Å²) in [5.74, 6) is -0.737.